The molecule has 0 aliphatic carbocycles. The molecule has 6 nitrogen and oxygen atoms in total. The number of fused-ring (bicyclic) bond motifs is 1. The number of carboxylic acids is 1. The highest BCUT2D eigenvalue weighted by Crippen LogP contribution is 2.30. The molecule has 1 atom stereocenters. The Hall–Kier alpha value is -3.81. The van der Waals surface area contributed by atoms with Crippen molar-refractivity contribution in [3.8, 4) is 0 Å². The van der Waals surface area contributed by atoms with E-state index in [1.807, 2.05) is 13.0 Å². The lowest BCUT2D eigenvalue weighted by atomic mass is 9.98. The second kappa shape index (κ2) is 11.3. The number of aromatic carboxylic acids is 1. The summed E-state index contributed by atoms with van der Waals surface area (Å²) < 4.78 is 0. The van der Waals surface area contributed by atoms with Gasteiger partial charge in [0.15, 0.2) is 0 Å². The van der Waals surface area contributed by atoms with Gasteiger partial charge in [0.25, 0.3) is 5.91 Å². The van der Waals surface area contributed by atoms with Gasteiger partial charge in [0.05, 0.1) is 10.8 Å². The van der Waals surface area contributed by atoms with Gasteiger partial charge in [-0.25, -0.2) is 4.79 Å². The third-order valence-electron chi connectivity index (χ3n) is 5.51. The van der Waals surface area contributed by atoms with Crippen molar-refractivity contribution in [1.82, 2.24) is 0 Å². The van der Waals surface area contributed by atoms with Gasteiger partial charge in [0, 0.05) is 32.2 Å². The first-order valence-electron chi connectivity index (χ1n) is 11.2. The van der Waals surface area contributed by atoms with Gasteiger partial charge >= 0.3 is 5.97 Å². The van der Waals surface area contributed by atoms with E-state index in [0.29, 0.717) is 33.6 Å². The molecule has 36 heavy (non-hydrogen) atoms. The molecule has 0 aliphatic rings. The van der Waals surface area contributed by atoms with Gasteiger partial charge in [-0.2, -0.15) is 0 Å². The van der Waals surface area contributed by atoms with E-state index in [1.165, 1.54) is 17.8 Å². The minimum atomic E-state index is -1.10. The number of carbonyl (C=O) groups excluding carboxylic acids is 2. The predicted octanol–water partition coefficient (Wildman–Crippen LogP) is 6.95. The van der Waals surface area contributed by atoms with E-state index in [1.54, 1.807) is 72.8 Å². The Morgan fingerprint density at radius 1 is 0.861 bits per heavy atom. The highest BCUT2D eigenvalue weighted by Gasteiger charge is 2.20. The van der Waals surface area contributed by atoms with Gasteiger partial charge < -0.3 is 15.7 Å². The summed E-state index contributed by atoms with van der Waals surface area (Å²) in [5.74, 6) is -1.65. The number of carbonyl (C=O) groups is 3. The number of amides is 2. The molecule has 1 unspecified atom stereocenters. The molecule has 0 saturated heterocycles. The second-order valence-electron chi connectivity index (χ2n) is 8.01. The lowest BCUT2D eigenvalue weighted by Gasteiger charge is -2.16. The van der Waals surface area contributed by atoms with Crippen molar-refractivity contribution in [3.63, 3.8) is 0 Å². The lowest BCUT2D eigenvalue weighted by Crippen LogP contribution is -2.24. The van der Waals surface area contributed by atoms with Crippen LogP contribution in [0.25, 0.3) is 10.8 Å². The summed E-state index contributed by atoms with van der Waals surface area (Å²) in [7, 11) is 0. The minimum absolute atomic E-state index is 0.0686. The Bertz CT molecular complexity index is 1450. The smallest absolute Gasteiger partial charge is 0.336 e. The van der Waals surface area contributed by atoms with E-state index in [4.69, 9.17) is 11.6 Å². The highest BCUT2D eigenvalue weighted by atomic mass is 35.5. The molecule has 2 amide bonds. The van der Waals surface area contributed by atoms with Crippen LogP contribution in [0.2, 0.25) is 5.02 Å². The average Bonchev–Trinajstić information content (AvgIpc) is 2.86. The minimum Gasteiger partial charge on any atom is -0.478 e. The standard InChI is InChI=1S/C28H23ClN2O4S/c1-2-24(27(33)31-19-10-5-9-18(29)15-19)36-21-12-6-11-20(16-21)30-26(32)22-13-3-7-17-8-4-14-23(25(17)22)28(34)35/h3-16,24H,2H2,1H3,(H,30,32)(H,31,33)(H,34,35). The van der Waals surface area contributed by atoms with Crippen LogP contribution in [0.5, 0.6) is 0 Å². The summed E-state index contributed by atoms with van der Waals surface area (Å²) in [5, 5.41) is 16.6. The summed E-state index contributed by atoms with van der Waals surface area (Å²) >= 11 is 7.40. The van der Waals surface area contributed by atoms with E-state index in [2.05, 4.69) is 10.6 Å². The molecule has 182 valence electrons. The van der Waals surface area contributed by atoms with Crippen LogP contribution in [0.4, 0.5) is 11.4 Å². The number of benzene rings is 4. The Labute approximate surface area is 217 Å². The molecule has 0 fully saturated rings. The molecule has 4 aromatic carbocycles. The zero-order valence-corrected chi connectivity index (χ0v) is 20.9. The molecule has 4 rings (SSSR count). The SMILES string of the molecule is CCC(Sc1cccc(NC(=O)c2cccc3cccc(C(=O)O)c23)c1)C(=O)Nc1cccc(Cl)c1. The quantitative estimate of drug-likeness (QED) is 0.219. The van der Waals surface area contributed by atoms with Gasteiger partial charge in [-0.1, -0.05) is 54.9 Å². The maximum atomic E-state index is 13.1. The molecule has 0 heterocycles. The van der Waals surface area contributed by atoms with Crippen LogP contribution in [-0.2, 0) is 4.79 Å². The van der Waals surface area contributed by atoms with Crippen LogP contribution in [-0.4, -0.2) is 28.1 Å². The van der Waals surface area contributed by atoms with Crippen molar-refractivity contribution in [1.29, 1.82) is 0 Å². The summed E-state index contributed by atoms with van der Waals surface area (Å²) in [5.41, 5.74) is 1.51. The van der Waals surface area contributed by atoms with Gasteiger partial charge in [-0.05, 0) is 60.3 Å². The van der Waals surface area contributed by atoms with Crippen LogP contribution in [0, 0.1) is 0 Å². The van der Waals surface area contributed by atoms with Crippen LogP contribution < -0.4 is 10.6 Å². The molecular formula is C28H23ClN2O4S. The lowest BCUT2D eigenvalue weighted by molar-refractivity contribution is -0.115. The molecule has 4 aromatic rings. The number of thioether (sulfide) groups is 1. The molecule has 0 bridgehead atoms. The molecular weight excluding hydrogens is 496 g/mol. The fourth-order valence-electron chi connectivity index (χ4n) is 3.83. The first-order valence-corrected chi connectivity index (χ1v) is 12.5. The fraction of sp³-hybridized carbons (Fsp3) is 0.107. The summed E-state index contributed by atoms with van der Waals surface area (Å²) in [6.45, 7) is 1.93. The summed E-state index contributed by atoms with van der Waals surface area (Å²) in [6.07, 6.45) is 0.599. The zero-order valence-electron chi connectivity index (χ0n) is 19.3. The maximum Gasteiger partial charge on any atom is 0.336 e. The van der Waals surface area contributed by atoms with Gasteiger partial charge in [0.2, 0.25) is 5.91 Å². The van der Waals surface area contributed by atoms with E-state index in [-0.39, 0.29) is 22.3 Å². The van der Waals surface area contributed by atoms with E-state index < -0.39 is 11.9 Å². The van der Waals surface area contributed by atoms with Gasteiger partial charge in [-0.15, -0.1) is 11.8 Å². The average molecular weight is 519 g/mol. The molecule has 0 radical (unpaired) electrons. The van der Waals surface area contributed by atoms with Crippen molar-refractivity contribution in [3.05, 3.63) is 101 Å². The van der Waals surface area contributed by atoms with Crippen molar-refractivity contribution in [2.45, 2.75) is 23.5 Å². The van der Waals surface area contributed by atoms with Gasteiger partial charge in [0.1, 0.15) is 0 Å². The van der Waals surface area contributed by atoms with E-state index >= 15 is 0 Å². The van der Waals surface area contributed by atoms with Crippen molar-refractivity contribution < 1.29 is 19.5 Å². The normalized spacial score (nSPS) is 11.6. The number of anilines is 2. The molecule has 0 aliphatic heterocycles. The first kappa shape index (κ1) is 25.3. The van der Waals surface area contributed by atoms with E-state index in [0.717, 1.165) is 4.90 Å². The summed E-state index contributed by atoms with van der Waals surface area (Å²) in [4.78, 5) is 38.5. The van der Waals surface area contributed by atoms with Crippen LogP contribution >= 0.6 is 23.4 Å². The maximum absolute atomic E-state index is 13.1. The number of hydrogen-bond donors (Lipinski definition) is 3. The Balaban J connectivity index is 1.52. The second-order valence-corrected chi connectivity index (χ2v) is 9.72. The topological polar surface area (TPSA) is 95.5 Å². The number of nitrogens with one attached hydrogen (secondary N) is 2. The van der Waals surface area contributed by atoms with Crippen LogP contribution in [0.3, 0.4) is 0 Å². The molecule has 0 spiro atoms. The van der Waals surface area contributed by atoms with E-state index in [9.17, 15) is 19.5 Å². The monoisotopic (exact) mass is 518 g/mol. The summed E-state index contributed by atoms with van der Waals surface area (Å²) in [6, 6.07) is 24.2. The molecule has 8 heteroatoms. The van der Waals surface area contributed by atoms with Crippen LogP contribution in [0.1, 0.15) is 34.1 Å². The highest BCUT2D eigenvalue weighted by molar-refractivity contribution is 8.00. The van der Waals surface area contributed by atoms with Crippen molar-refractivity contribution in [2.75, 3.05) is 10.6 Å². The van der Waals surface area contributed by atoms with Crippen LogP contribution in [0.15, 0.2) is 89.8 Å². The number of halogens is 1. The molecule has 0 saturated carbocycles. The first-order chi connectivity index (χ1) is 17.4. The fourth-order valence-corrected chi connectivity index (χ4v) is 5.03. The van der Waals surface area contributed by atoms with Crippen molar-refractivity contribution >= 4 is 63.3 Å². The zero-order chi connectivity index (χ0) is 25.7. The molecule has 3 N–H and O–H groups in total. The predicted molar refractivity (Wildman–Crippen MR) is 145 cm³/mol. The number of rotatable bonds is 8. The molecule has 0 aromatic heterocycles. The number of hydrogen-bond acceptors (Lipinski definition) is 4. The Kier molecular flexibility index (Phi) is 7.93. The number of carboxylic acid groups (broad SMARTS) is 1. The Morgan fingerprint density at radius 3 is 2.17 bits per heavy atom. The third kappa shape index (κ3) is 5.87. The Morgan fingerprint density at radius 2 is 1.50 bits per heavy atom. The van der Waals surface area contributed by atoms with Gasteiger partial charge in [-0.3, -0.25) is 9.59 Å². The van der Waals surface area contributed by atoms with Crippen molar-refractivity contribution in [2.24, 2.45) is 0 Å². The third-order valence-corrected chi connectivity index (χ3v) is 7.10. The largest absolute Gasteiger partial charge is 0.478 e.